The Kier molecular flexibility index (Phi) is 4.05. The van der Waals surface area contributed by atoms with Crippen LogP contribution in [0.4, 0.5) is 5.69 Å². The molecule has 0 aromatic heterocycles. The quantitative estimate of drug-likeness (QED) is 0.823. The van der Waals surface area contributed by atoms with Crippen molar-refractivity contribution in [2.24, 2.45) is 0 Å². The molecule has 0 saturated heterocycles. The van der Waals surface area contributed by atoms with Gasteiger partial charge in [-0.3, -0.25) is 0 Å². The Bertz CT molecular complexity index is 617. The molecule has 1 aliphatic carbocycles. The first-order valence-corrected chi connectivity index (χ1v) is 8.16. The van der Waals surface area contributed by atoms with E-state index in [1.165, 1.54) is 28.4 Å². The largest absolute Gasteiger partial charge is 0.399 e. The second-order valence-electron chi connectivity index (χ2n) is 6.17. The molecule has 0 unspecified atom stereocenters. The van der Waals surface area contributed by atoms with Crippen LogP contribution in [0.25, 0.3) is 0 Å². The third-order valence-electron chi connectivity index (χ3n) is 4.35. The fraction of sp³-hybridized carbons (Fsp3) is 0.333. The summed E-state index contributed by atoms with van der Waals surface area (Å²) in [6.45, 7) is 2.07. The minimum Gasteiger partial charge on any atom is -0.399 e. The third-order valence-corrected chi connectivity index (χ3v) is 5.12. The second kappa shape index (κ2) is 5.82. The van der Waals surface area contributed by atoms with Crippen LogP contribution in [0.5, 0.6) is 0 Å². The van der Waals surface area contributed by atoms with Crippen molar-refractivity contribution in [3.8, 4) is 0 Å². The molecule has 110 valence electrons. The minimum absolute atomic E-state index is 0.337. The Morgan fingerprint density at radius 1 is 1.10 bits per heavy atom. The Labute approximate surface area is 135 Å². The maximum absolute atomic E-state index is 5.79. The summed E-state index contributed by atoms with van der Waals surface area (Å²) in [6.07, 6.45) is 2.55. The van der Waals surface area contributed by atoms with Gasteiger partial charge in [0.25, 0.3) is 0 Å². The van der Waals surface area contributed by atoms with E-state index in [-0.39, 0.29) is 0 Å². The summed E-state index contributed by atoms with van der Waals surface area (Å²) in [5, 5.41) is 0. The number of hydrogen-bond donors (Lipinski definition) is 1. The zero-order chi connectivity index (χ0) is 14.9. The van der Waals surface area contributed by atoms with Gasteiger partial charge in [-0.05, 0) is 49.2 Å². The van der Waals surface area contributed by atoms with E-state index in [2.05, 4.69) is 64.3 Å². The summed E-state index contributed by atoms with van der Waals surface area (Å²) < 4.78 is 1.19. The molecule has 0 bridgehead atoms. The number of nitrogens with zero attached hydrogens (tertiary/aromatic N) is 1. The summed E-state index contributed by atoms with van der Waals surface area (Å²) in [4.78, 5) is 2.42. The van der Waals surface area contributed by atoms with Crippen molar-refractivity contribution < 1.29 is 0 Å². The van der Waals surface area contributed by atoms with E-state index in [1.807, 2.05) is 12.1 Å². The lowest BCUT2D eigenvalue weighted by Gasteiger charge is -2.24. The molecule has 3 heteroatoms. The zero-order valence-electron chi connectivity index (χ0n) is 12.3. The summed E-state index contributed by atoms with van der Waals surface area (Å²) >= 11 is 3.63. The van der Waals surface area contributed by atoms with E-state index in [0.717, 1.165) is 18.8 Å². The maximum Gasteiger partial charge on any atom is 0.0314 e. The van der Waals surface area contributed by atoms with Crippen molar-refractivity contribution in [2.75, 3.05) is 19.3 Å². The fourth-order valence-electron chi connectivity index (χ4n) is 3.02. The number of halogens is 1. The number of nitrogen functional groups attached to an aromatic ring is 1. The van der Waals surface area contributed by atoms with Crippen LogP contribution >= 0.6 is 15.9 Å². The van der Waals surface area contributed by atoms with E-state index < -0.39 is 0 Å². The molecule has 2 nitrogen and oxygen atoms in total. The first-order valence-electron chi connectivity index (χ1n) is 7.37. The van der Waals surface area contributed by atoms with Crippen LogP contribution in [-0.4, -0.2) is 18.5 Å². The predicted octanol–water partition coefficient (Wildman–Crippen LogP) is 4.19. The highest BCUT2D eigenvalue weighted by Crippen LogP contribution is 2.48. The molecule has 0 atom stereocenters. The molecule has 3 rings (SSSR count). The lowest BCUT2D eigenvalue weighted by Crippen LogP contribution is -2.29. The normalized spacial score (nSPS) is 16.1. The monoisotopic (exact) mass is 344 g/mol. The van der Waals surface area contributed by atoms with Crippen LogP contribution in [0.15, 0.2) is 53.0 Å². The highest BCUT2D eigenvalue weighted by atomic mass is 79.9. The Morgan fingerprint density at radius 2 is 1.76 bits per heavy atom. The van der Waals surface area contributed by atoms with Gasteiger partial charge in [-0.2, -0.15) is 0 Å². The Balaban J connectivity index is 1.68. The highest BCUT2D eigenvalue weighted by molar-refractivity contribution is 9.10. The SMILES string of the molecule is CN(Cc1ccccc1Br)CC1(c2ccc(N)cc2)CC1. The summed E-state index contributed by atoms with van der Waals surface area (Å²) in [5.41, 5.74) is 9.74. The van der Waals surface area contributed by atoms with Gasteiger partial charge in [0, 0.05) is 28.7 Å². The molecular weight excluding hydrogens is 324 g/mol. The fourth-order valence-corrected chi connectivity index (χ4v) is 3.43. The van der Waals surface area contributed by atoms with Crippen molar-refractivity contribution in [2.45, 2.75) is 24.8 Å². The summed E-state index contributed by atoms with van der Waals surface area (Å²) in [7, 11) is 2.21. The number of rotatable bonds is 5. The van der Waals surface area contributed by atoms with E-state index >= 15 is 0 Å². The van der Waals surface area contributed by atoms with Crippen molar-refractivity contribution in [1.82, 2.24) is 4.90 Å². The Hall–Kier alpha value is -1.32. The van der Waals surface area contributed by atoms with Crippen LogP contribution < -0.4 is 5.73 Å². The molecule has 0 amide bonds. The molecule has 0 spiro atoms. The van der Waals surface area contributed by atoms with Gasteiger partial charge >= 0.3 is 0 Å². The summed E-state index contributed by atoms with van der Waals surface area (Å²) in [6, 6.07) is 16.9. The molecule has 2 aromatic rings. The van der Waals surface area contributed by atoms with Crippen LogP contribution in [0.3, 0.4) is 0 Å². The first kappa shape index (κ1) is 14.6. The lowest BCUT2D eigenvalue weighted by atomic mass is 9.95. The lowest BCUT2D eigenvalue weighted by molar-refractivity contribution is 0.294. The number of anilines is 1. The molecule has 0 heterocycles. The van der Waals surface area contributed by atoms with Gasteiger partial charge in [0.15, 0.2) is 0 Å². The molecule has 1 fully saturated rings. The van der Waals surface area contributed by atoms with Crippen LogP contribution in [0.1, 0.15) is 24.0 Å². The zero-order valence-corrected chi connectivity index (χ0v) is 13.9. The molecule has 21 heavy (non-hydrogen) atoms. The standard InChI is InChI=1S/C18H21BrN2/c1-21(12-14-4-2-3-5-17(14)19)13-18(10-11-18)15-6-8-16(20)9-7-15/h2-9H,10-13,20H2,1H3. The van der Waals surface area contributed by atoms with Gasteiger partial charge < -0.3 is 10.6 Å². The van der Waals surface area contributed by atoms with Gasteiger partial charge in [-0.1, -0.05) is 46.3 Å². The van der Waals surface area contributed by atoms with Crippen LogP contribution in [0.2, 0.25) is 0 Å². The Morgan fingerprint density at radius 3 is 2.38 bits per heavy atom. The predicted molar refractivity (Wildman–Crippen MR) is 92.2 cm³/mol. The minimum atomic E-state index is 0.337. The van der Waals surface area contributed by atoms with E-state index in [0.29, 0.717) is 5.41 Å². The van der Waals surface area contributed by atoms with Crippen molar-refractivity contribution in [3.05, 3.63) is 64.1 Å². The molecule has 0 aliphatic heterocycles. The third kappa shape index (κ3) is 3.30. The van der Waals surface area contributed by atoms with Crippen molar-refractivity contribution in [1.29, 1.82) is 0 Å². The number of likely N-dealkylation sites (N-methyl/N-ethyl adjacent to an activating group) is 1. The topological polar surface area (TPSA) is 29.3 Å². The van der Waals surface area contributed by atoms with Gasteiger partial charge in [0.1, 0.15) is 0 Å². The number of benzene rings is 2. The molecular formula is C18H21BrN2. The molecule has 1 aliphatic rings. The van der Waals surface area contributed by atoms with Crippen LogP contribution in [-0.2, 0) is 12.0 Å². The highest BCUT2D eigenvalue weighted by Gasteiger charge is 2.44. The first-order chi connectivity index (χ1) is 10.1. The van der Waals surface area contributed by atoms with E-state index in [9.17, 15) is 0 Å². The van der Waals surface area contributed by atoms with E-state index in [4.69, 9.17) is 5.73 Å². The maximum atomic E-state index is 5.79. The van der Waals surface area contributed by atoms with E-state index in [1.54, 1.807) is 0 Å². The van der Waals surface area contributed by atoms with Gasteiger partial charge in [-0.15, -0.1) is 0 Å². The molecule has 2 N–H and O–H groups in total. The van der Waals surface area contributed by atoms with Gasteiger partial charge in [0.2, 0.25) is 0 Å². The number of nitrogens with two attached hydrogens (primary N) is 1. The average molecular weight is 345 g/mol. The molecule has 0 radical (unpaired) electrons. The van der Waals surface area contributed by atoms with Crippen molar-refractivity contribution in [3.63, 3.8) is 0 Å². The van der Waals surface area contributed by atoms with Gasteiger partial charge in [0.05, 0.1) is 0 Å². The van der Waals surface area contributed by atoms with Crippen molar-refractivity contribution >= 4 is 21.6 Å². The summed E-state index contributed by atoms with van der Waals surface area (Å²) in [5.74, 6) is 0. The van der Waals surface area contributed by atoms with Crippen LogP contribution in [0, 0.1) is 0 Å². The second-order valence-corrected chi connectivity index (χ2v) is 7.02. The van der Waals surface area contributed by atoms with Gasteiger partial charge in [-0.25, -0.2) is 0 Å². The molecule has 2 aromatic carbocycles. The average Bonchev–Trinajstić information content (AvgIpc) is 3.23. The number of hydrogen-bond acceptors (Lipinski definition) is 2. The smallest absolute Gasteiger partial charge is 0.0314 e. The molecule has 1 saturated carbocycles.